The van der Waals surface area contributed by atoms with Gasteiger partial charge in [-0.05, 0) is 23.1 Å². The second-order valence-electron chi connectivity index (χ2n) is 5.95. The third-order valence-corrected chi connectivity index (χ3v) is 4.21. The van der Waals surface area contributed by atoms with Gasteiger partial charge in [0.25, 0.3) is 5.90 Å². The number of hydrogen-bond acceptors (Lipinski definition) is 8. The van der Waals surface area contributed by atoms with Crippen molar-refractivity contribution in [2.45, 2.75) is 26.6 Å². The van der Waals surface area contributed by atoms with Crippen molar-refractivity contribution in [2.75, 3.05) is 6.79 Å². The number of ether oxygens (including phenoxy) is 3. The van der Waals surface area contributed by atoms with Gasteiger partial charge in [-0.2, -0.15) is 5.01 Å². The Morgan fingerprint density at radius 2 is 2.15 bits per heavy atom. The summed E-state index contributed by atoms with van der Waals surface area (Å²) < 4.78 is 17.8. The molecule has 2 aliphatic rings. The Kier molecular flexibility index (Phi) is 3.90. The number of aromatic nitrogens is 2. The predicted octanol–water partition coefficient (Wildman–Crippen LogP) is 1.72. The van der Waals surface area contributed by atoms with Crippen molar-refractivity contribution in [2.24, 2.45) is 5.10 Å². The van der Waals surface area contributed by atoms with E-state index in [4.69, 9.17) is 14.2 Å². The van der Waals surface area contributed by atoms with E-state index in [0.717, 1.165) is 0 Å². The molecule has 0 fully saturated rings. The summed E-state index contributed by atoms with van der Waals surface area (Å²) in [6, 6.07) is 5.19. The molecule has 1 aromatic heterocycles. The van der Waals surface area contributed by atoms with Gasteiger partial charge in [-0.3, -0.25) is 4.79 Å². The molecule has 2 aliphatic heterocycles. The normalized spacial score (nSPS) is 17.6. The number of imidazole rings is 1. The lowest BCUT2D eigenvalue weighted by molar-refractivity contribution is -0.392. The van der Waals surface area contributed by atoms with Gasteiger partial charge in [0.1, 0.15) is 6.20 Å². The molecule has 11 heteroatoms. The van der Waals surface area contributed by atoms with Crippen molar-refractivity contribution >= 4 is 17.6 Å². The van der Waals surface area contributed by atoms with Gasteiger partial charge >= 0.3 is 5.82 Å². The number of nitro groups is 1. The number of benzene rings is 1. The minimum atomic E-state index is -0.796. The molecule has 4 rings (SSSR count). The Morgan fingerprint density at radius 1 is 1.37 bits per heavy atom. The number of hydrogen-bond donors (Lipinski definition) is 0. The number of aryl methyl sites for hydroxylation is 1. The smallest absolute Gasteiger partial charge is 0.343 e. The highest BCUT2D eigenvalue weighted by molar-refractivity contribution is 5.82. The minimum Gasteiger partial charge on any atom is -0.454 e. The third kappa shape index (κ3) is 2.92. The standard InChI is InChI=1S/C16H15N5O6/c1-9-17-6-15(21(23)24)19(9)7-14-18-20(10(2)22)16(27-14)11-3-4-12-13(5-11)26-8-25-12/h3-6,16H,7-8H2,1-2H3. The molecule has 3 heterocycles. The van der Waals surface area contributed by atoms with Gasteiger partial charge in [-0.1, -0.05) is 0 Å². The predicted molar refractivity (Wildman–Crippen MR) is 90.0 cm³/mol. The Morgan fingerprint density at radius 3 is 2.89 bits per heavy atom. The van der Waals surface area contributed by atoms with E-state index in [2.05, 4.69) is 10.1 Å². The van der Waals surface area contributed by atoms with Crippen molar-refractivity contribution in [3.8, 4) is 11.5 Å². The van der Waals surface area contributed by atoms with Crippen molar-refractivity contribution in [1.29, 1.82) is 0 Å². The first-order valence-electron chi connectivity index (χ1n) is 8.04. The molecular weight excluding hydrogens is 358 g/mol. The number of carbonyl (C=O) groups is 1. The van der Waals surface area contributed by atoms with E-state index >= 15 is 0 Å². The molecule has 140 valence electrons. The number of carbonyl (C=O) groups excluding carboxylic acids is 1. The van der Waals surface area contributed by atoms with Gasteiger partial charge in [-0.25, -0.2) is 9.55 Å². The fraction of sp³-hybridized carbons (Fsp3) is 0.312. The first kappa shape index (κ1) is 16.8. The zero-order valence-corrected chi connectivity index (χ0v) is 14.5. The maximum Gasteiger partial charge on any atom is 0.343 e. The molecule has 0 saturated carbocycles. The molecule has 0 radical (unpaired) electrons. The molecule has 0 aliphatic carbocycles. The van der Waals surface area contributed by atoms with E-state index in [1.807, 2.05) is 0 Å². The Balaban J connectivity index is 1.62. The Labute approximate surface area is 152 Å². The van der Waals surface area contributed by atoms with E-state index in [-0.39, 0.29) is 31.0 Å². The van der Waals surface area contributed by atoms with Crippen LogP contribution in [0.5, 0.6) is 11.5 Å². The quantitative estimate of drug-likeness (QED) is 0.591. The topological polar surface area (TPSA) is 121 Å². The summed E-state index contributed by atoms with van der Waals surface area (Å²) in [4.78, 5) is 26.6. The molecule has 1 amide bonds. The Bertz CT molecular complexity index is 968. The largest absolute Gasteiger partial charge is 0.454 e. The molecule has 1 unspecified atom stereocenters. The van der Waals surface area contributed by atoms with E-state index in [9.17, 15) is 14.9 Å². The highest BCUT2D eigenvalue weighted by Gasteiger charge is 2.35. The molecular formula is C16H15N5O6. The summed E-state index contributed by atoms with van der Waals surface area (Å²) in [6.07, 6.45) is 0.373. The second kappa shape index (κ2) is 6.27. The summed E-state index contributed by atoms with van der Waals surface area (Å²) in [7, 11) is 0. The lowest BCUT2D eigenvalue weighted by atomic mass is 10.1. The summed E-state index contributed by atoms with van der Waals surface area (Å²) >= 11 is 0. The van der Waals surface area contributed by atoms with E-state index in [1.165, 1.54) is 22.7 Å². The van der Waals surface area contributed by atoms with Crippen molar-refractivity contribution in [3.05, 3.63) is 45.9 Å². The molecule has 11 nitrogen and oxygen atoms in total. The van der Waals surface area contributed by atoms with Gasteiger partial charge in [0.2, 0.25) is 18.9 Å². The van der Waals surface area contributed by atoms with Gasteiger partial charge < -0.3 is 24.3 Å². The lowest BCUT2D eigenvalue weighted by Gasteiger charge is -2.19. The first-order chi connectivity index (χ1) is 12.9. The molecule has 0 N–H and O–H groups in total. The van der Waals surface area contributed by atoms with Gasteiger partial charge in [0, 0.05) is 19.4 Å². The average molecular weight is 373 g/mol. The second-order valence-corrected chi connectivity index (χ2v) is 5.95. The highest BCUT2D eigenvalue weighted by Crippen LogP contribution is 2.37. The van der Waals surface area contributed by atoms with Crippen LogP contribution in [0.15, 0.2) is 29.5 Å². The van der Waals surface area contributed by atoms with Crippen LogP contribution in [0.3, 0.4) is 0 Å². The number of rotatable bonds is 4. The van der Waals surface area contributed by atoms with Crippen LogP contribution in [-0.2, 0) is 16.1 Å². The van der Waals surface area contributed by atoms with E-state index in [1.54, 1.807) is 25.1 Å². The minimum absolute atomic E-state index is 0.0209. The van der Waals surface area contributed by atoms with Crippen LogP contribution in [0, 0.1) is 17.0 Å². The van der Waals surface area contributed by atoms with Crippen LogP contribution in [0.4, 0.5) is 5.82 Å². The monoisotopic (exact) mass is 373 g/mol. The SMILES string of the molecule is CC(=O)N1N=C(Cn2c([N+](=O)[O-])cnc2C)OC1c1ccc2c(c1)OCO2. The maximum atomic E-state index is 12.0. The van der Waals surface area contributed by atoms with Crippen molar-refractivity contribution in [3.63, 3.8) is 0 Å². The lowest BCUT2D eigenvalue weighted by Crippen LogP contribution is -2.25. The van der Waals surface area contributed by atoms with E-state index in [0.29, 0.717) is 22.9 Å². The fourth-order valence-electron chi connectivity index (χ4n) is 2.89. The highest BCUT2D eigenvalue weighted by atomic mass is 16.7. The zero-order valence-electron chi connectivity index (χ0n) is 14.5. The number of fused-ring (bicyclic) bond motifs is 1. The molecule has 2 aromatic rings. The molecule has 1 atom stereocenters. The molecule has 0 saturated heterocycles. The van der Waals surface area contributed by atoms with Gasteiger partial charge in [-0.15, -0.1) is 5.10 Å². The summed E-state index contributed by atoms with van der Waals surface area (Å²) in [5, 5.41) is 16.5. The zero-order chi connectivity index (χ0) is 19.1. The Hall–Kier alpha value is -3.63. The molecule has 0 spiro atoms. The summed E-state index contributed by atoms with van der Waals surface area (Å²) in [6.45, 7) is 3.11. The van der Waals surface area contributed by atoms with Crippen LogP contribution in [0.25, 0.3) is 0 Å². The van der Waals surface area contributed by atoms with Crippen molar-refractivity contribution in [1.82, 2.24) is 14.6 Å². The van der Waals surface area contributed by atoms with Crippen LogP contribution in [0.2, 0.25) is 0 Å². The number of nitrogens with zero attached hydrogens (tertiary/aromatic N) is 5. The number of amides is 1. The van der Waals surface area contributed by atoms with Crippen LogP contribution in [-0.4, -0.2) is 38.1 Å². The van der Waals surface area contributed by atoms with Gasteiger partial charge in [0.15, 0.2) is 23.9 Å². The summed E-state index contributed by atoms with van der Waals surface area (Å²) in [5.74, 6) is 1.25. The van der Waals surface area contributed by atoms with E-state index < -0.39 is 11.2 Å². The molecule has 0 bridgehead atoms. The first-order valence-corrected chi connectivity index (χ1v) is 8.04. The summed E-state index contributed by atoms with van der Waals surface area (Å²) in [5.41, 5.74) is 0.644. The van der Waals surface area contributed by atoms with Crippen LogP contribution in [0.1, 0.15) is 24.5 Å². The number of hydrazone groups is 1. The maximum absolute atomic E-state index is 12.0. The van der Waals surface area contributed by atoms with Crippen LogP contribution >= 0.6 is 0 Å². The molecule has 1 aromatic carbocycles. The molecule has 27 heavy (non-hydrogen) atoms. The van der Waals surface area contributed by atoms with Crippen LogP contribution < -0.4 is 9.47 Å². The average Bonchev–Trinajstić information content (AvgIpc) is 3.33. The van der Waals surface area contributed by atoms with Crippen molar-refractivity contribution < 1.29 is 23.9 Å². The van der Waals surface area contributed by atoms with Gasteiger partial charge in [0.05, 0.1) is 0 Å². The third-order valence-electron chi connectivity index (χ3n) is 4.21. The fourth-order valence-corrected chi connectivity index (χ4v) is 2.89.